The fraction of sp³-hybridized carbons (Fsp3) is 0.708. The zero-order valence-corrected chi connectivity index (χ0v) is 19.1. The second-order valence-electron chi connectivity index (χ2n) is 8.55. The van der Waals surface area contributed by atoms with E-state index in [1.807, 2.05) is 0 Å². The summed E-state index contributed by atoms with van der Waals surface area (Å²) < 4.78 is 5.77. The first-order valence-electron chi connectivity index (χ1n) is 11.9. The van der Waals surface area contributed by atoms with Crippen molar-refractivity contribution in [2.75, 3.05) is 77.5 Å². The fourth-order valence-electron chi connectivity index (χ4n) is 3.81. The van der Waals surface area contributed by atoms with E-state index in [2.05, 4.69) is 64.3 Å². The number of nitrogens with one attached hydrogen (secondary N) is 1. The van der Waals surface area contributed by atoms with Crippen molar-refractivity contribution in [3.05, 3.63) is 30.3 Å². The van der Waals surface area contributed by atoms with Gasteiger partial charge in [0, 0.05) is 65.2 Å². The van der Waals surface area contributed by atoms with Crippen LogP contribution in [0.2, 0.25) is 0 Å². The third-order valence-electron chi connectivity index (χ3n) is 5.96. The standard InChI is InChI=1S/C24H41N5O/c1-3-25-24(27(2)19-20-30-21-22-11-12-22)26-13-7-8-14-28-15-17-29(18-16-28)23-9-5-4-6-10-23/h4-6,9-10,22H,3,7-8,11-21H2,1-2H3,(H,25,26). The molecule has 6 nitrogen and oxygen atoms in total. The summed E-state index contributed by atoms with van der Waals surface area (Å²) in [7, 11) is 2.11. The van der Waals surface area contributed by atoms with Crippen molar-refractivity contribution in [1.82, 2.24) is 15.1 Å². The Kier molecular flexibility index (Phi) is 9.77. The van der Waals surface area contributed by atoms with Crippen LogP contribution in [0.5, 0.6) is 0 Å². The smallest absolute Gasteiger partial charge is 0.193 e. The molecule has 0 amide bonds. The van der Waals surface area contributed by atoms with Gasteiger partial charge in [0.05, 0.1) is 6.61 Å². The summed E-state index contributed by atoms with van der Waals surface area (Å²) in [5.74, 6) is 1.84. The number of guanidine groups is 1. The first-order valence-corrected chi connectivity index (χ1v) is 11.9. The highest BCUT2D eigenvalue weighted by Crippen LogP contribution is 2.28. The summed E-state index contributed by atoms with van der Waals surface area (Å²) >= 11 is 0. The molecule has 1 aromatic carbocycles. The molecular weight excluding hydrogens is 374 g/mol. The van der Waals surface area contributed by atoms with Gasteiger partial charge in [-0.05, 0) is 57.2 Å². The van der Waals surface area contributed by atoms with E-state index < -0.39 is 0 Å². The van der Waals surface area contributed by atoms with Crippen LogP contribution in [0.1, 0.15) is 32.6 Å². The molecule has 2 aliphatic rings. The number of likely N-dealkylation sites (N-methyl/N-ethyl adjacent to an activating group) is 1. The van der Waals surface area contributed by atoms with Gasteiger partial charge in [0.25, 0.3) is 0 Å². The molecule has 0 bridgehead atoms. The van der Waals surface area contributed by atoms with Crippen LogP contribution in [0.25, 0.3) is 0 Å². The average molecular weight is 416 g/mol. The Hall–Kier alpha value is -1.79. The molecule has 2 fully saturated rings. The van der Waals surface area contributed by atoms with Crippen molar-refractivity contribution in [3.8, 4) is 0 Å². The molecule has 1 aliphatic heterocycles. The van der Waals surface area contributed by atoms with Crippen LogP contribution >= 0.6 is 0 Å². The van der Waals surface area contributed by atoms with Gasteiger partial charge in [-0.25, -0.2) is 0 Å². The molecule has 0 atom stereocenters. The number of ether oxygens (including phenoxy) is 1. The van der Waals surface area contributed by atoms with E-state index in [0.29, 0.717) is 0 Å². The zero-order chi connectivity index (χ0) is 21.0. The number of hydrogen-bond donors (Lipinski definition) is 1. The van der Waals surface area contributed by atoms with Crippen molar-refractivity contribution < 1.29 is 4.74 Å². The van der Waals surface area contributed by atoms with Crippen LogP contribution in [0, 0.1) is 5.92 Å². The van der Waals surface area contributed by atoms with Gasteiger partial charge in [-0.1, -0.05) is 18.2 Å². The van der Waals surface area contributed by atoms with E-state index in [1.54, 1.807) is 0 Å². The van der Waals surface area contributed by atoms with Crippen LogP contribution in [-0.4, -0.2) is 88.4 Å². The average Bonchev–Trinajstić information content (AvgIpc) is 3.61. The highest BCUT2D eigenvalue weighted by Gasteiger charge is 2.21. The summed E-state index contributed by atoms with van der Waals surface area (Å²) in [4.78, 5) is 12.1. The summed E-state index contributed by atoms with van der Waals surface area (Å²) in [5.41, 5.74) is 1.35. The first-order chi connectivity index (χ1) is 14.8. The minimum atomic E-state index is 0.784. The molecule has 1 saturated carbocycles. The van der Waals surface area contributed by atoms with Crippen molar-refractivity contribution in [2.24, 2.45) is 10.9 Å². The second kappa shape index (κ2) is 12.8. The maximum atomic E-state index is 5.77. The molecule has 1 saturated heterocycles. The molecule has 0 unspecified atom stereocenters. The first kappa shape index (κ1) is 22.9. The number of piperazine rings is 1. The number of anilines is 1. The molecule has 0 radical (unpaired) electrons. The van der Waals surface area contributed by atoms with Gasteiger partial charge < -0.3 is 19.9 Å². The van der Waals surface area contributed by atoms with Gasteiger partial charge in [0.1, 0.15) is 0 Å². The van der Waals surface area contributed by atoms with Crippen LogP contribution in [-0.2, 0) is 4.74 Å². The Bertz CT molecular complexity index is 611. The van der Waals surface area contributed by atoms with Gasteiger partial charge in [0.2, 0.25) is 0 Å². The topological polar surface area (TPSA) is 43.3 Å². The Morgan fingerprint density at radius 3 is 2.60 bits per heavy atom. The summed E-state index contributed by atoms with van der Waals surface area (Å²) in [6.07, 6.45) is 5.05. The normalized spacial score (nSPS) is 17.9. The van der Waals surface area contributed by atoms with Crippen LogP contribution in [0.15, 0.2) is 35.3 Å². The maximum Gasteiger partial charge on any atom is 0.193 e. The Labute approximate surface area is 183 Å². The predicted molar refractivity (Wildman–Crippen MR) is 126 cm³/mol. The molecule has 0 spiro atoms. The lowest BCUT2D eigenvalue weighted by Gasteiger charge is -2.36. The maximum absolute atomic E-state index is 5.77. The Morgan fingerprint density at radius 1 is 1.13 bits per heavy atom. The lowest BCUT2D eigenvalue weighted by molar-refractivity contribution is 0.115. The molecule has 0 aromatic heterocycles. The van der Waals surface area contributed by atoms with E-state index in [9.17, 15) is 0 Å². The summed E-state index contributed by atoms with van der Waals surface area (Å²) in [5, 5.41) is 3.41. The van der Waals surface area contributed by atoms with Crippen LogP contribution in [0.3, 0.4) is 0 Å². The number of para-hydroxylation sites is 1. The fourth-order valence-corrected chi connectivity index (χ4v) is 3.81. The van der Waals surface area contributed by atoms with E-state index in [-0.39, 0.29) is 0 Å². The minimum absolute atomic E-state index is 0.784. The number of aliphatic imine (C=N–C) groups is 1. The molecular formula is C24H41N5O. The lowest BCUT2D eigenvalue weighted by Crippen LogP contribution is -2.46. The summed E-state index contributed by atoms with van der Waals surface area (Å²) in [6, 6.07) is 10.8. The zero-order valence-electron chi connectivity index (χ0n) is 19.1. The van der Waals surface area contributed by atoms with Crippen molar-refractivity contribution in [1.29, 1.82) is 0 Å². The largest absolute Gasteiger partial charge is 0.379 e. The van der Waals surface area contributed by atoms with Gasteiger partial charge in [-0.15, -0.1) is 0 Å². The van der Waals surface area contributed by atoms with Gasteiger partial charge in [-0.3, -0.25) is 9.89 Å². The quantitative estimate of drug-likeness (QED) is 0.323. The van der Waals surface area contributed by atoms with Crippen molar-refractivity contribution in [3.63, 3.8) is 0 Å². The third-order valence-corrected chi connectivity index (χ3v) is 5.96. The van der Waals surface area contributed by atoms with Gasteiger partial charge >= 0.3 is 0 Å². The number of nitrogens with zero attached hydrogens (tertiary/aromatic N) is 4. The number of benzene rings is 1. The van der Waals surface area contributed by atoms with E-state index >= 15 is 0 Å². The Balaban J connectivity index is 1.28. The SMILES string of the molecule is CCNC(=NCCCCN1CCN(c2ccccc2)CC1)N(C)CCOCC1CC1. The highest BCUT2D eigenvalue weighted by molar-refractivity contribution is 5.79. The van der Waals surface area contributed by atoms with Crippen LogP contribution in [0.4, 0.5) is 5.69 Å². The Morgan fingerprint density at radius 2 is 1.90 bits per heavy atom. The number of hydrogen-bond acceptors (Lipinski definition) is 4. The van der Waals surface area contributed by atoms with Crippen molar-refractivity contribution in [2.45, 2.75) is 32.6 Å². The highest BCUT2D eigenvalue weighted by atomic mass is 16.5. The predicted octanol–water partition coefficient (Wildman–Crippen LogP) is 2.91. The van der Waals surface area contributed by atoms with E-state index in [1.165, 1.54) is 31.5 Å². The second-order valence-corrected chi connectivity index (χ2v) is 8.55. The van der Waals surface area contributed by atoms with E-state index in [4.69, 9.17) is 9.73 Å². The molecule has 1 aliphatic carbocycles. The number of rotatable bonds is 12. The minimum Gasteiger partial charge on any atom is -0.379 e. The molecule has 6 heteroatoms. The van der Waals surface area contributed by atoms with Crippen molar-refractivity contribution >= 4 is 11.6 Å². The monoisotopic (exact) mass is 415 g/mol. The summed E-state index contributed by atoms with van der Waals surface area (Å²) in [6.45, 7) is 12.3. The molecule has 1 aromatic rings. The third kappa shape index (κ3) is 8.15. The molecule has 3 rings (SSSR count). The number of unbranched alkanes of at least 4 members (excludes halogenated alkanes) is 1. The molecule has 30 heavy (non-hydrogen) atoms. The molecule has 168 valence electrons. The lowest BCUT2D eigenvalue weighted by atomic mass is 10.2. The molecule has 1 N–H and O–H groups in total. The van der Waals surface area contributed by atoms with Crippen LogP contribution < -0.4 is 10.2 Å². The van der Waals surface area contributed by atoms with E-state index in [0.717, 1.165) is 77.3 Å². The van der Waals surface area contributed by atoms with Gasteiger partial charge in [0.15, 0.2) is 5.96 Å². The molecule has 1 heterocycles. The van der Waals surface area contributed by atoms with Gasteiger partial charge in [-0.2, -0.15) is 0 Å².